The van der Waals surface area contributed by atoms with Crippen molar-refractivity contribution in [2.24, 2.45) is 5.92 Å². The highest BCUT2D eigenvalue weighted by atomic mass is 31.3. The van der Waals surface area contributed by atoms with Gasteiger partial charge in [-0.2, -0.15) is 8.62 Å². The molecule has 16 nitrogen and oxygen atoms in total. The zero-order chi connectivity index (χ0) is 22.9. The maximum absolute atomic E-state index is 13.3. The number of rotatable bonds is 9. The number of alkyl halides is 1. The van der Waals surface area contributed by atoms with Crippen LogP contribution >= 0.6 is 23.5 Å². The number of nitrogens with one attached hydrogen (secondary N) is 1. The van der Waals surface area contributed by atoms with Crippen molar-refractivity contribution < 1.29 is 60.6 Å². The van der Waals surface area contributed by atoms with Crippen molar-refractivity contribution in [3.05, 3.63) is 33.1 Å². The van der Waals surface area contributed by atoms with E-state index in [0.29, 0.717) is 0 Å². The fourth-order valence-corrected chi connectivity index (χ4v) is 5.50. The minimum Gasteiger partial charge on any atom is -0.388 e. The first kappa shape index (κ1) is 25.2. The van der Waals surface area contributed by atoms with E-state index in [9.17, 15) is 37.7 Å². The predicted molar refractivity (Wildman–Crippen MR) is 90.5 cm³/mol. The molecule has 1 aliphatic heterocycles. The first-order chi connectivity index (χ1) is 13.6. The second-order valence-corrected chi connectivity index (χ2v) is 10.2. The Kier molecular flexibility index (Phi) is 7.73. The predicted octanol–water partition coefficient (Wildman–Crippen LogP) is -1.28. The molecule has 0 amide bonds. The first-order valence-electron chi connectivity index (χ1n) is 7.63. The van der Waals surface area contributed by atoms with E-state index < -0.39 is 72.4 Å². The van der Waals surface area contributed by atoms with Gasteiger partial charge >= 0.3 is 29.2 Å². The van der Waals surface area contributed by atoms with Gasteiger partial charge in [-0.15, -0.1) is 0 Å². The largest absolute Gasteiger partial charge is 0.490 e. The lowest BCUT2D eigenvalue weighted by Gasteiger charge is -2.20. The molecule has 3 unspecified atom stereocenters. The number of aromatic amines is 1. The summed E-state index contributed by atoms with van der Waals surface area (Å²) in [4.78, 5) is 60.2. The highest BCUT2D eigenvalue weighted by molar-refractivity contribution is 7.66. The third-order valence-corrected chi connectivity index (χ3v) is 7.45. The lowest BCUT2D eigenvalue weighted by atomic mass is 10.00. The Morgan fingerprint density at radius 3 is 2.30 bits per heavy atom. The highest BCUT2D eigenvalue weighted by Crippen LogP contribution is 2.66. The van der Waals surface area contributed by atoms with E-state index in [1.165, 1.54) is 0 Å². The number of halogens is 1. The molecule has 2 rings (SSSR count). The van der Waals surface area contributed by atoms with Crippen molar-refractivity contribution in [2.45, 2.75) is 18.4 Å². The Morgan fingerprint density at radius 2 is 1.77 bits per heavy atom. The van der Waals surface area contributed by atoms with Crippen LogP contribution in [0.25, 0.3) is 0 Å². The fourth-order valence-electron chi connectivity index (χ4n) is 2.47. The highest BCUT2D eigenvalue weighted by Gasteiger charge is 2.47. The monoisotopic (exact) mass is 500 g/mol. The molecule has 0 saturated carbocycles. The van der Waals surface area contributed by atoms with Gasteiger partial charge in [0.05, 0.1) is 19.4 Å². The minimum absolute atomic E-state index is 0.722. The summed E-state index contributed by atoms with van der Waals surface area (Å²) >= 11 is 0. The zero-order valence-electron chi connectivity index (χ0n) is 14.5. The van der Waals surface area contributed by atoms with Crippen LogP contribution in [-0.4, -0.2) is 59.7 Å². The maximum atomic E-state index is 13.3. The van der Waals surface area contributed by atoms with Crippen LogP contribution in [0.5, 0.6) is 0 Å². The summed E-state index contributed by atoms with van der Waals surface area (Å²) in [5, 5.41) is 10.2. The van der Waals surface area contributed by atoms with Crippen molar-refractivity contribution in [2.75, 3.05) is 13.3 Å². The molecule has 0 spiro atoms. The maximum Gasteiger partial charge on any atom is 0.490 e. The van der Waals surface area contributed by atoms with Crippen molar-refractivity contribution >= 4 is 23.5 Å². The van der Waals surface area contributed by atoms with E-state index in [1.807, 2.05) is 4.98 Å². The smallest absolute Gasteiger partial charge is 0.388 e. The molecule has 0 aromatic carbocycles. The molecule has 0 radical (unpaired) electrons. The quantitative estimate of drug-likeness (QED) is 0.217. The number of hydrogen-bond acceptors (Lipinski definition) is 10. The Morgan fingerprint density at radius 1 is 1.13 bits per heavy atom. The molecule has 1 saturated heterocycles. The number of hydrogen-bond donors (Lipinski definition) is 6. The lowest BCUT2D eigenvalue weighted by Crippen LogP contribution is -2.36. The Labute approximate surface area is 165 Å². The van der Waals surface area contributed by atoms with Crippen molar-refractivity contribution in [3.63, 3.8) is 0 Å². The van der Waals surface area contributed by atoms with Gasteiger partial charge in [0.2, 0.25) is 0 Å². The molecule has 6 atom stereocenters. The molecule has 1 aromatic heterocycles. The van der Waals surface area contributed by atoms with Gasteiger partial charge in [-0.25, -0.2) is 18.5 Å². The fraction of sp³-hybridized carbons (Fsp3) is 0.600. The summed E-state index contributed by atoms with van der Waals surface area (Å²) in [5.41, 5.74) is -1.76. The minimum atomic E-state index is -5.75. The molecule has 6 N–H and O–H groups in total. The van der Waals surface area contributed by atoms with Gasteiger partial charge in [0.25, 0.3) is 5.56 Å². The van der Waals surface area contributed by atoms with Crippen LogP contribution in [0.15, 0.2) is 21.9 Å². The number of H-pyrrole nitrogens is 1. The lowest BCUT2D eigenvalue weighted by molar-refractivity contribution is -0.0530. The molecular formula is C10H16FN2O14P3. The van der Waals surface area contributed by atoms with Crippen LogP contribution in [-0.2, 0) is 31.6 Å². The summed E-state index contributed by atoms with van der Waals surface area (Å²) in [6, 6.07) is 0.918. The number of aromatic nitrogens is 2. The van der Waals surface area contributed by atoms with Crippen molar-refractivity contribution in [1.29, 1.82) is 0 Å². The topological polar surface area (TPSA) is 244 Å². The van der Waals surface area contributed by atoms with Crippen LogP contribution in [0.2, 0.25) is 0 Å². The Bertz CT molecular complexity index is 1020. The average molecular weight is 500 g/mol. The third-order valence-electron chi connectivity index (χ3n) is 3.64. The Hall–Kier alpha value is -1.06. The van der Waals surface area contributed by atoms with Crippen molar-refractivity contribution in [3.8, 4) is 0 Å². The van der Waals surface area contributed by atoms with Gasteiger partial charge in [0.1, 0.15) is 6.10 Å². The van der Waals surface area contributed by atoms with Crippen LogP contribution in [0.4, 0.5) is 4.39 Å². The molecule has 0 aliphatic carbocycles. The molecule has 20 heteroatoms. The van der Waals surface area contributed by atoms with E-state index in [1.54, 1.807) is 0 Å². The molecule has 2 heterocycles. The van der Waals surface area contributed by atoms with Crippen LogP contribution in [0.1, 0.15) is 6.23 Å². The first-order valence-corrected chi connectivity index (χ1v) is 12.2. The number of nitrogens with zero attached hydrogens (tertiary/aromatic N) is 1. The zero-order valence-corrected chi connectivity index (χ0v) is 17.1. The van der Waals surface area contributed by atoms with Crippen LogP contribution in [0, 0.1) is 5.92 Å². The van der Waals surface area contributed by atoms with E-state index in [2.05, 4.69) is 13.1 Å². The molecule has 0 bridgehead atoms. The molecule has 1 aromatic rings. The van der Waals surface area contributed by atoms with E-state index in [0.717, 1.165) is 16.8 Å². The van der Waals surface area contributed by atoms with Crippen LogP contribution in [0.3, 0.4) is 0 Å². The SMILES string of the molecule is O=c1ccn([C@@H]2OC(COP(=O)(O)OP(=O)(O)OP(=O)(O)O)[C@@H](CF)[C@H]2O)c(=O)[nH]1. The van der Waals surface area contributed by atoms with Gasteiger partial charge in [-0.1, -0.05) is 0 Å². The van der Waals surface area contributed by atoms with Gasteiger partial charge in [0.15, 0.2) is 6.23 Å². The number of aliphatic hydroxyl groups excluding tert-OH is 1. The standard InChI is InChI=1S/C10H16FN2O14P3/c11-3-5-6(4-24-29(20,21)27-30(22,23)26-28(17,18)19)25-9(8(5)15)13-2-1-7(14)12-10(13)16/h1-2,5-6,8-9,15H,3-4H2,(H,20,21)(H,22,23)(H,12,14,16)(H2,17,18,19)/t5-,6?,8-,9-/m1/s1. The summed E-state index contributed by atoms with van der Waals surface area (Å²) in [6.45, 7) is -2.27. The number of phosphoric acid groups is 3. The summed E-state index contributed by atoms with van der Waals surface area (Å²) in [7, 11) is -16.8. The molecule has 30 heavy (non-hydrogen) atoms. The van der Waals surface area contributed by atoms with Gasteiger partial charge in [0, 0.05) is 18.2 Å². The van der Waals surface area contributed by atoms with Gasteiger partial charge in [-0.05, 0) is 0 Å². The molecule has 1 aliphatic rings. The van der Waals surface area contributed by atoms with E-state index in [4.69, 9.17) is 19.4 Å². The molecular weight excluding hydrogens is 484 g/mol. The molecule has 172 valence electrons. The molecule has 1 fully saturated rings. The number of ether oxygens (including phenoxy) is 1. The second-order valence-electron chi connectivity index (χ2n) is 5.78. The Balaban J connectivity index is 2.11. The van der Waals surface area contributed by atoms with E-state index >= 15 is 0 Å². The number of phosphoric ester groups is 1. The summed E-state index contributed by atoms with van der Waals surface area (Å²) in [5.74, 6) is -1.40. The normalized spacial score (nSPS) is 28.7. The summed E-state index contributed by atoms with van der Waals surface area (Å²) < 4.78 is 64.3. The summed E-state index contributed by atoms with van der Waals surface area (Å²) in [6.07, 6.45) is -3.73. The van der Waals surface area contributed by atoms with Gasteiger partial charge in [-0.3, -0.25) is 23.3 Å². The number of aliphatic hydroxyl groups is 1. The third kappa shape index (κ3) is 6.72. The van der Waals surface area contributed by atoms with Crippen LogP contribution < -0.4 is 11.2 Å². The van der Waals surface area contributed by atoms with E-state index in [-0.39, 0.29) is 0 Å². The average Bonchev–Trinajstić information content (AvgIpc) is 2.85. The van der Waals surface area contributed by atoms with Gasteiger partial charge < -0.3 is 29.4 Å². The second kappa shape index (κ2) is 9.20. The van der Waals surface area contributed by atoms with Crippen molar-refractivity contribution in [1.82, 2.24) is 9.55 Å².